The average Bonchev–Trinajstić information content (AvgIpc) is 2.48. The van der Waals surface area contributed by atoms with Crippen molar-refractivity contribution in [3.05, 3.63) is 65.2 Å². The quantitative estimate of drug-likeness (QED) is 0.761. The molecule has 2 N–H and O–H groups in total. The number of ether oxygens (including phenoxy) is 1. The van der Waals surface area contributed by atoms with Crippen LogP contribution in [0.4, 0.5) is 0 Å². The lowest BCUT2D eigenvalue weighted by Crippen LogP contribution is -2.17. The van der Waals surface area contributed by atoms with E-state index >= 15 is 0 Å². The van der Waals surface area contributed by atoms with Crippen LogP contribution in [0.5, 0.6) is 5.75 Å². The van der Waals surface area contributed by atoms with Crippen molar-refractivity contribution in [2.75, 3.05) is 13.2 Å². The standard InChI is InChI=1S/C17H21NO2/c1-14-2-4-16(5-3-14)13-20-17-8-6-15(7-9-17)12-18-10-11-19/h2-9,18-19H,10-13H2,1H3. The average molecular weight is 271 g/mol. The number of rotatable bonds is 7. The van der Waals surface area contributed by atoms with Crippen molar-refractivity contribution >= 4 is 0 Å². The fourth-order valence-corrected chi connectivity index (χ4v) is 1.87. The van der Waals surface area contributed by atoms with Gasteiger partial charge < -0.3 is 15.2 Å². The molecule has 0 aliphatic rings. The van der Waals surface area contributed by atoms with Crippen LogP contribution in [0.15, 0.2) is 48.5 Å². The van der Waals surface area contributed by atoms with Gasteiger partial charge in [0.2, 0.25) is 0 Å². The van der Waals surface area contributed by atoms with Crippen LogP contribution in [0, 0.1) is 6.92 Å². The van der Waals surface area contributed by atoms with Crippen molar-refractivity contribution in [2.45, 2.75) is 20.1 Å². The molecule has 0 saturated carbocycles. The molecule has 2 rings (SSSR count). The summed E-state index contributed by atoms with van der Waals surface area (Å²) in [6, 6.07) is 16.4. The van der Waals surface area contributed by atoms with Gasteiger partial charge in [-0.1, -0.05) is 42.0 Å². The third kappa shape index (κ3) is 4.68. The maximum atomic E-state index is 8.70. The lowest BCUT2D eigenvalue weighted by molar-refractivity contribution is 0.292. The number of aliphatic hydroxyl groups excluding tert-OH is 1. The predicted molar refractivity (Wildman–Crippen MR) is 80.7 cm³/mol. The highest BCUT2D eigenvalue weighted by molar-refractivity contribution is 5.28. The summed E-state index contributed by atoms with van der Waals surface area (Å²) in [5.74, 6) is 0.872. The van der Waals surface area contributed by atoms with Crippen molar-refractivity contribution in [3.8, 4) is 5.75 Å². The van der Waals surface area contributed by atoms with Gasteiger partial charge in [0, 0.05) is 13.1 Å². The van der Waals surface area contributed by atoms with E-state index < -0.39 is 0 Å². The molecule has 3 heteroatoms. The van der Waals surface area contributed by atoms with Gasteiger partial charge in [0.1, 0.15) is 12.4 Å². The molecule has 0 atom stereocenters. The monoisotopic (exact) mass is 271 g/mol. The molecule has 106 valence electrons. The first-order valence-corrected chi connectivity index (χ1v) is 6.87. The molecule has 0 unspecified atom stereocenters. The van der Waals surface area contributed by atoms with Crippen LogP contribution in [-0.4, -0.2) is 18.3 Å². The fraction of sp³-hybridized carbons (Fsp3) is 0.294. The van der Waals surface area contributed by atoms with E-state index in [-0.39, 0.29) is 6.61 Å². The van der Waals surface area contributed by atoms with Gasteiger partial charge in [0.25, 0.3) is 0 Å². The van der Waals surface area contributed by atoms with Gasteiger partial charge in [-0.25, -0.2) is 0 Å². The molecule has 2 aromatic carbocycles. The van der Waals surface area contributed by atoms with E-state index in [1.807, 2.05) is 24.3 Å². The van der Waals surface area contributed by atoms with E-state index in [1.54, 1.807) is 0 Å². The Morgan fingerprint density at radius 2 is 1.60 bits per heavy atom. The van der Waals surface area contributed by atoms with E-state index in [4.69, 9.17) is 9.84 Å². The van der Waals surface area contributed by atoms with Gasteiger partial charge in [0.15, 0.2) is 0 Å². The number of aliphatic hydroxyl groups is 1. The predicted octanol–water partition coefficient (Wildman–Crippen LogP) is 2.66. The summed E-state index contributed by atoms with van der Waals surface area (Å²) in [7, 11) is 0. The molecule has 0 bridgehead atoms. The van der Waals surface area contributed by atoms with Crippen molar-refractivity contribution in [1.29, 1.82) is 0 Å². The van der Waals surface area contributed by atoms with Gasteiger partial charge in [-0.2, -0.15) is 0 Å². The number of hydrogen-bond acceptors (Lipinski definition) is 3. The molecule has 0 aliphatic heterocycles. The van der Waals surface area contributed by atoms with Gasteiger partial charge in [-0.3, -0.25) is 0 Å². The third-order valence-electron chi connectivity index (χ3n) is 3.07. The summed E-state index contributed by atoms with van der Waals surface area (Å²) in [6.07, 6.45) is 0. The highest BCUT2D eigenvalue weighted by atomic mass is 16.5. The van der Waals surface area contributed by atoms with Gasteiger partial charge in [0.05, 0.1) is 6.61 Å². The molecule has 0 aromatic heterocycles. The molecule has 0 spiro atoms. The molecule has 20 heavy (non-hydrogen) atoms. The summed E-state index contributed by atoms with van der Waals surface area (Å²) in [6.45, 7) is 4.21. The van der Waals surface area contributed by atoms with E-state index in [2.05, 4.69) is 36.5 Å². The van der Waals surface area contributed by atoms with Crippen LogP contribution < -0.4 is 10.1 Å². The largest absolute Gasteiger partial charge is 0.489 e. The lowest BCUT2D eigenvalue weighted by Gasteiger charge is -2.08. The third-order valence-corrected chi connectivity index (χ3v) is 3.07. The van der Waals surface area contributed by atoms with Crippen LogP contribution in [0.1, 0.15) is 16.7 Å². The summed E-state index contributed by atoms with van der Waals surface area (Å²) < 4.78 is 5.75. The second-order valence-electron chi connectivity index (χ2n) is 4.82. The minimum absolute atomic E-state index is 0.164. The van der Waals surface area contributed by atoms with Crippen LogP contribution in [0.25, 0.3) is 0 Å². The molecular weight excluding hydrogens is 250 g/mol. The first-order valence-electron chi connectivity index (χ1n) is 6.87. The normalized spacial score (nSPS) is 10.5. The Balaban J connectivity index is 1.82. The van der Waals surface area contributed by atoms with Gasteiger partial charge in [-0.05, 0) is 30.2 Å². The van der Waals surface area contributed by atoms with Gasteiger partial charge in [-0.15, -0.1) is 0 Å². The Bertz CT molecular complexity index is 506. The highest BCUT2D eigenvalue weighted by Gasteiger charge is 1.97. The van der Waals surface area contributed by atoms with Gasteiger partial charge >= 0.3 is 0 Å². The molecule has 0 aliphatic carbocycles. The molecule has 3 nitrogen and oxygen atoms in total. The van der Waals surface area contributed by atoms with E-state index in [0.29, 0.717) is 13.2 Å². The summed E-state index contributed by atoms with van der Waals surface area (Å²) in [4.78, 5) is 0. The Kier molecular flexibility index (Phi) is 5.59. The van der Waals surface area contributed by atoms with Crippen LogP contribution in [0.2, 0.25) is 0 Å². The molecule has 0 amide bonds. The molecule has 0 fully saturated rings. The summed E-state index contributed by atoms with van der Waals surface area (Å²) >= 11 is 0. The Morgan fingerprint density at radius 3 is 2.25 bits per heavy atom. The lowest BCUT2D eigenvalue weighted by atomic mass is 10.2. The van der Waals surface area contributed by atoms with Crippen LogP contribution in [0.3, 0.4) is 0 Å². The number of benzene rings is 2. The minimum Gasteiger partial charge on any atom is -0.489 e. The maximum Gasteiger partial charge on any atom is 0.119 e. The summed E-state index contributed by atoms with van der Waals surface area (Å²) in [5.41, 5.74) is 3.61. The first kappa shape index (κ1) is 14.6. The highest BCUT2D eigenvalue weighted by Crippen LogP contribution is 2.14. The molecule has 0 saturated heterocycles. The second-order valence-corrected chi connectivity index (χ2v) is 4.82. The van der Waals surface area contributed by atoms with E-state index in [0.717, 1.165) is 12.3 Å². The molecule has 2 aromatic rings. The number of aryl methyl sites for hydroxylation is 1. The second kappa shape index (κ2) is 7.68. The molecule has 0 heterocycles. The zero-order valence-corrected chi connectivity index (χ0v) is 11.8. The van der Waals surface area contributed by atoms with E-state index in [9.17, 15) is 0 Å². The smallest absolute Gasteiger partial charge is 0.119 e. The molecular formula is C17H21NO2. The topological polar surface area (TPSA) is 41.5 Å². The van der Waals surface area contributed by atoms with E-state index in [1.165, 1.54) is 16.7 Å². The first-order chi connectivity index (χ1) is 9.78. The number of nitrogens with one attached hydrogen (secondary N) is 1. The fourth-order valence-electron chi connectivity index (χ4n) is 1.87. The summed E-state index contributed by atoms with van der Waals surface area (Å²) in [5, 5.41) is 11.8. The SMILES string of the molecule is Cc1ccc(COc2ccc(CNCCO)cc2)cc1. The van der Waals surface area contributed by atoms with Crippen LogP contribution >= 0.6 is 0 Å². The minimum atomic E-state index is 0.164. The van der Waals surface area contributed by atoms with Crippen molar-refractivity contribution < 1.29 is 9.84 Å². The van der Waals surface area contributed by atoms with Crippen LogP contribution in [-0.2, 0) is 13.2 Å². The van der Waals surface area contributed by atoms with Crippen molar-refractivity contribution in [1.82, 2.24) is 5.32 Å². The Morgan fingerprint density at radius 1 is 0.950 bits per heavy atom. The van der Waals surface area contributed by atoms with Crippen molar-refractivity contribution in [2.24, 2.45) is 0 Å². The number of hydrogen-bond donors (Lipinski definition) is 2. The molecule has 0 radical (unpaired) electrons. The zero-order chi connectivity index (χ0) is 14.2. The Hall–Kier alpha value is -1.84. The van der Waals surface area contributed by atoms with Crippen molar-refractivity contribution in [3.63, 3.8) is 0 Å². The zero-order valence-electron chi connectivity index (χ0n) is 11.8. The Labute approximate surface area is 120 Å². The maximum absolute atomic E-state index is 8.70.